The standard InChI is InChI=1S/C33H55N5O17.Mn/c39-16-24(43)30(49)28(47)22(41)12-34-26(45)6-4-20(32(51)52)37-8-10-55-11-9-38(15-19-3-1-2-18(14-37)36-19)21(33(53)54)5-7-27(46)35-13-23(42)29(48)31(50)25(44)17-40;/h1-3,20-25,28-31,39-44,47-50H,4-17H2,(H,34,45)(H,35,46)(H,51,52)(H,53,54);/q;+2/p-2/t20?,21?,22-,23-,24+,25+,28+,29+,30+,31+;/m0./s1. The summed E-state index contributed by atoms with van der Waals surface area (Å²) >= 11 is 0. The summed E-state index contributed by atoms with van der Waals surface area (Å²) in [6.45, 7) is -3.01. The van der Waals surface area contributed by atoms with Crippen LogP contribution in [0.3, 0.4) is 0 Å². The smallest absolute Gasteiger partial charge is 0.548 e. The zero-order valence-electron chi connectivity index (χ0n) is 30.5. The van der Waals surface area contributed by atoms with Crippen LogP contribution in [-0.4, -0.2) is 203 Å². The molecule has 2 bridgehead atoms. The van der Waals surface area contributed by atoms with Gasteiger partial charge in [0.1, 0.15) is 36.6 Å². The second-order valence-electron chi connectivity index (χ2n) is 13.1. The van der Waals surface area contributed by atoms with Crippen LogP contribution in [0.2, 0.25) is 0 Å². The number of pyridine rings is 1. The molecule has 1 aromatic heterocycles. The first-order valence-corrected chi connectivity index (χ1v) is 17.6. The van der Waals surface area contributed by atoms with Crippen LogP contribution < -0.4 is 20.8 Å². The summed E-state index contributed by atoms with van der Waals surface area (Å²) in [6, 6.07) is 2.22. The summed E-state index contributed by atoms with van der Waals surface area (Å²) in [6.07, 6.45) is -15.7. The third-order valence-corrected chi connectivity index (χ3v) is 9.02. The van der Waals surface area contributed by atoms with Gasteiger partial charge in [-0.2, -0.15) is 0 Å². The molecule has 22 nitrogen and oxygen atoms in total. The third kappa shape index (κ3) is 16.9. The largest absolute Gasteiger partial charge is 2.00 e. The Kier molecular flexibility index (Phi) is 23.8. The first-order chi connectivity index (χ1) is 26.0. The SMILES string of the molecule is O=C(CCC(C(=O)[O-])N1CCOCCN(C(CCC(=O)NC[C@H](O)[C@@H](O)[C@H](O)[C@H](O)CO)C(=O)[O-])Cc2cccc(n2)C1)NC[C@H](O)[C@@H](O)[C@H](O)[C@H](O)CO.[Mn+2]. The second-order valence-corrected chi connectivity index (χ2v) is 13.1. The van der Waals surface area contributed by atoms with Crippen molar-refractivity contribution in [2.45, 2.75) is 99.7 Å². The number of fused-ring (bicyclic) bond motifs is 2. The van der Waals surface area contributed by atoms with Crippen LogP contribution >= 0.6 is 0 Å². The predicted octanol–water partition coefficient (Wildman–Crippen LogP) is -9.39. The van der Waals surface area contributed by atoms with Gasteiger partial charge < -0.3 is 86.2 Å². The number of ether oxygens (including phenoxy) is 1. The number of aliphatic hydroxyl groups excluding tert-OH is 10. The maximum Gasteiger partial charge on any atom is 2.00 e. The number of carbonyl (C=O) groups is 4. The molecule has 0 aliphatic carbocycles. The van der Waals surface area contributed by atoms with Crippen molar-refractivity contribution in [1.29, 1.82) is 0 Å². The van der Waals surface area contributed by atoms with E-state index in [4.69, 9.17) is 14.9 Å². The number of amides is 2. The molecule has 1 aromatic rings. The number of carbonyl (C=O) groups excluding carboxylic acids is 4. The van der Waals surface area contributed by atoms with Crippen molar-refractivity contribution in [3.63, 3.8) is 0 Å². The Balaban J connectivity index is 0.0000157. The molecule has 2 rings (SSSR count). The van der Waals surface area contributed by atoms with E-state index in [1.165, 1.54) is 9.80 Å². The van der Waals surface area contributed by atoms with Crippen molar-refractivity contribution in [2.75, 3.05) is 52.6 Å². The molecule has 12 N–H and O–H groups in total. The molecule has 2 amide bonds. The first-order valence-electron chi connectivity index (χ1n) is 17.6. The molecule has 0 saturated carbocycles. The van der Waals surface area contributed by atoms with E-state index in [0.29, 0.717) is 11.4 Å². The Morgan fingerprint density at radius 2 is 1.02 bits per heavy atom. The minimum atomic E-state index is -1.90. The molecular formula is C33H53MnN5O17. The Morgan fingerprint density at radius 3 is 1.36 bits per heavy atom. The van der Waals surface area contributed by atoms with E-state index in [1.54, 1.807) is 18.2 Å². The topological polar surface area (TPSA) is 369 Å². The average Bonchev–Trinajstić information content (AvgIpc) is 3.16. The Morgan fingerprint density at radius 1 is 0.661 bits per heavy atom. The predicted molar refractivity (Wildman–Crippen MR) is 180 cm³/mol. The molecule has 0 saturated heterocycles. The molecule has 2 heterocycles. The van der Waals surface area contributed by atoms with Gasteiger partial charge in [-0.05, 0) is 25.0 Å². The number of carboxylic acid groups (broad SMARTS) is 2. The van der Waals surface area contributed by atoms with E-state index in [9.17, 15) is 70.2 Å². The summed E-state index contributed by atoms with van der Waals surface area (Å²) in [4.78, 5) is 57.0. The molecule has 0 fully saturated rings. The van der Waals surface area contributed by atoms with E-state index >= 15 is 0 Å². The minimum absolute atomic E-state index is 0. The Hall–Kier alpha value is -2.97. The molecule has 23 heteroatoms. The van der Waals surface area contributed by atoms with Crippen LogP contribution in [0.4, 0.5) is 0 Å². The van der Waals surface area contributed by atoms with Crippen LogP contribution in [0, 0.1) is 0 Å². The molecule has 0 aromatic carbocycles. The van der Waals surface area contributed by atoms with Crippen molar-refractivity contribution in [3.8, 4) is 0 Å². The van der Waals surface area contributed by atoms with E-state index in [2.05, 4.69) is 15.6 Å². The van der Waals surface area contributed by atoms with Crippen LogP contribution in [0.5, 0.6) is 0 Å². The molecule has 1 aliphatic rings. The molecule has 0 spiro atoms. The average molecular weight is 847 g/mol. The van der Waals surface area contributed by atoms with E-state index in [0.717, 1.165) is 0 Å². The third-order valence-electron chi connectivity index (χ3n) is 9.02. The number of aromatic nitrogens is 1. The maximum atomic E-state index is 12.5. The molecule has 10 atom stereocenters. The fourth-order valence-electron chi connectivity index (χ4n) is 5.69. The summed E-state index contributed by atoms with van der Waals surface area (Å²) in [5.41, 5.74) is 0.771. The number of aliphatic hydroxyl groups is 10. The van der Waals surface area contributed by atoms with Gasteiger partial charge in [-0.1, -0.05) is 6.07 Å². The normalized spacial score (nSPS) is 19.8. The summed E-state index contributed by atoms with van der Waals surface area (Å²) in [5.74, 6) is -4.40. The van der Waals surface area contributed by atoms with Crippen molar-refractivity contribution < 1.29 is 102 Å². The number of hydrogen-bond donors (Lipinski definition) is 12. The van der Waals surface area contributed by atoms with Crippen molar-refractivity contribution in [3.05, 3.63) is 29.6 Å². The van der Waals surface area contributed by atoms with Gasteiger partial charge in [0.05, 0.1) is 74.0 Å². The zero-order chi connectivity index (χ0) is 41.2. The van der Waals surface area contributed by atoms with Crippen LogP contribution in [0.1, 0.15) is 37.1 Å². The summed E-state index contributed by atoms with van der Waals surface area (Å²) < 4.78 is 5.71. The fourth-order valence-corrected chi connectivity index (χ4v) is 5.69. The molecule has 1 radical (unpaired) electrons. The van der Waals surface area contributed by atoms with Gasteiger partial charge >= 0.3 is 17.1 Å². The van der Waals surface area contributed by atoms with Gasteiger partial charge in [0.15, 0.2) is 0 Å². The van der Waals surface area contributed by atoms with E-state index < -0.39 is 111 Å². The Labute approximate surface area is 332 Å². The molecule has 1 aliphatic heterocycles. The summed E-state index contributed by atoms with van der Waals surface area (Å²) in [7, 11) is 0. The minimum Gasteiger partial charge on any atom is -0.548 e. The van der Waals surface area contributed by atoms with Crippen LogP contribution in [0.25, 0.3) is 0 Å². The fraction of sp³-hybridized carbons (Fsp3) is 0.727. The maximum absolute atomic E-state index is 12.5. The molecule has 2 unspecified atom stereocenters. The quantitative estimate of drug-likeness (QED) is 0.0482. The number of nitrogens with one attached hydrogen (secondary N) is 2. The molecule has 56 heavy (non-hydrogen) atoms. The molecular weight excluding hydrogens is 793 g/mol. The van der Waals surface area contributed by atoms with Gasteiger partial charge in [-0.3, -0.25) is 24.4 Å². The second kappa shape index (κ2) is 26.1. The van der Waals surface area contributed by atoms with Crippen molar-refractivity contribution >= 4 is 23.8 Å². The van der Waals surface area contributed by atoms with Gasteiger partial charge in [0, 0.05) is 52.1 Å². The van der Waals surface area contributed by atoms with Crippen LogP contribution in [-0.2, 0) is 54.1 Å². The van der Waals surface area contributed by atoms with Gasteiger partial charge in [-0.15, -0.1) is 0 Å². The number of carboxylic acids is 2. The zero-order valence-corrected chi connectivity index (χ0v) is 31.6. The molecule has 319 valence electrons. The van der Waals surface area contributed by atoms with E-state index in [1.807, 2.05) is 0 Å². The van der Waals surface area contributed by atoms with Crippen LogP contribution in [0.15, 0.2) is 18.2 Å². The van der Waals surface area contributed by atoms with Crippen molar-refractivity contribution in [2.24, 2.45) is 0 Å². The van der Waals surface area contributed by atoms with Gasteiger partial charge in [0.25, 0.3) is 0 Å². The van der Waals surface area contributed by atoms with Crippen molar-refractivity contribution in [1.82, 2.24) is 25.4 Å². The Bertz CT molecular complexity index is 1260. The first kappa shape index (κ1) is 51.0. The van der Waals surface area contributed by atoms with Gasteiger partial charge in [-0.25, -0.2) is 0 Å². The van der Waals surface area contributed by atoms with Gasteiger partial charge in [0.2, 0.25) is 11.8 Å². The number of aliphatic carboxylic acids is 2. The summed E-state index contributed by atoms with van der Waals surface area (Å²) in [5, 5.41) is 125. The monoisotopic (exact) mass is 846 g/mol. The van der Waals surface area contributed by atoms with E-state index in [-0.39, 0.29) is 82.1 Å². The number of nitrogens with zero attached hydrogens (tertiary/aromatic N) is 3. The number of rotatable bonds is 22. The number of hydrogen-bond acceptors (Lipinski definition) is 20.